The third-order valence-electron chi connectivity index (χ3n) is 2.58. The number of halogens is 4. The van der Waals surface area contributed by atoms with E-state index in [1.165, 1.54) is 0 Å². The molecule has 6 heteroatoms. The van der Waals surface area contributed by atoms with E-state index in [0.29, 0.717) is 38.1 Å². The van der Waals surface area contributed by atoms with Gasteiger partial charge in [0.25, 0.3) is 0 Å². The van der Waals surface area contributed by atoms with Crippen LogP contribution in [0.15, 0.2) is 30.3 Å². The van der Waals surface area contributed by atoms with Crippen LogP contribution < -0.4 is 10.1 Å². The molecule has 0 amide bonds. The Bertz CT molecular complexity index is 631. The van der Waals surface area contributed by atoms with Crippen molar-refractivity contribution in [2.24, 2.45) is 0 Å². The Morgan fingerprint density at radius 3 is 2.30 bits per heavy atom. The number of ether oxygens (including phenoxy) is 1. The van der Waals surface area contributed by atoms with Gasteiger partial charge in [0.15, 0.2) is 0 Å². The molecule has 2 nitrogen and oxygen atoms in total. The molecule has 0 saturated carbocycles. The Kier molecular flexibility index (Phi) is 5.42. The van der Waals surface area contributed by atoms with Crippen molar-refractivity contribution in [3.63, 3.8) is 0 Å². The van der Waals surface area contributed by atoms with Crippen LogP contribution in [-0.2, 0) is 6.54 Å². The van der Waals surface area contributed by atoms with Crippen molar-refractivity contribution in [2.75, 3.05) is 7.05 Å². The number of benzene rings is 2. The molecule has 0 radical (unpaired) electrons. The third-order valence-corrected chi connectivity index (χ3v) is 3.84. The van der Waals surface area contributed by atoms with Gasteiger partial charge in [0.1, 0.15) is 11.5 Å². The van der Waals surface area contributed by atoms with Crippen molar-refractivity contribution in [3.8, 4) is 11.5 Å². The van der Waals surface area contributed by atoms with E-state index in [9.17, 15) is 0 Å². The van der Waals surface area contributed by atoms with Crippen LogP contribution in [0, 0.1) is 0 Å². The van der Waals surface area contributed by atoms with E-state index in [-0.39, 0.29) is 0 Å². The van der Waals surface area contributed by atoms with Gasteiger partial charge in [-0.3, -0.25) is 0 Å². The van der Waals surface area contributed by atoms with Gasteiger partial charge in [-0.1, -0.05) is 46.4 Å². The molecule has 0 atom stereocenters. The lowest BCUT2D eigenvalue weighted by Gasteiger charge is -2.13. The first kappa shape index (κ1) is 15.7. The molecule has 0 spiro atoms. The molecule has 106 valence electrons. The van der Waals surface area contributed by atoms with Gasteiger partial charge < -0.3 is 10.1 Å². The van der Waals surface area contributed by atoms with Crippen LogP contribution >= 0.6 is 46.4 Å². The molecule has 0 aromatic heterocycles. The predicted octanol–water partition coefficient (Wildman–Crippen LogP) is 5.81. The summed E-state index contributed by atoms with van der Waals surface area (Å²) in [7, 11) is 1.84. The van der Waals surface area contributed by atoms with Gasteiger partial charge in [0.05, 0.1) is 15.1 Å². The van der Waals surface area contributed by atoms with Crippen molar-refractivity contribution < 1.29 is 4.74 Å². The summed E-state index contributed by atoms with van der Waals surface area (Å²) in [5, 5.41) is 4.86. The van der Waals surface area contributed by atoms with Crippen LogP contribution in [0.2, 0.25) is 20.1 Å². The number of rotatable bonds is 4. The Balaban J connectivity index is 2.37. The standard InChI is InChI=1S/C14H11Cl4NO/c1-19-7-8-4-9(15)2-3-13(8)20-14-6-11(17)10(16)5-12(14)18/h2-6,19H,7H2,1H3. The fourth-order valence-electron chi connectivity index (χ4n) is 1.68. The summed E-state index contributed by atoms with van der Waals surface area (Å²) in [6.45, 7) is 0.620. The summed E-state index contributed by atoms with van der Waals surface area (Å²) in [6.07, 6.45) is 0. The van der Waals surface area contributed by atoms with Crippen LogP contribution in [0.5, 0.6) is 11.5 Å². The second kappa shape index (κ2) is 6.88. The molecule has 0 saturated heterocycles. The summed E-state index contributed by atoms with van der Waals surface area (Å²) in [5.74, 6) is 1.10. The van der Waals surface area contributed by atoms with Gasteiger partial charge in [-0.15, -0.1) is 0 Å². The van der Waals surface area contributed by atoms with Gasteiger partial charge in [0.2, 0.25) is 0 Å². The van der Waals surface area contributed by atoms with Crippen molar-refractivity contribution in [2.45, 2.75) is 6.54 Å². The SMILES string of the molecule is CNCc1cc(Cl)ccc1Oc1cc(Cl)c(Cl)cc1Cl. The van der Waals surface area contributed by atoms with E-state index in [1.54, 1.807) is 24.3 Å². The molecule has 0 aliphatic carbocycles. The van der Waals surface area contributed by atoms with E-state index in [0.717, 1.165) is 5.56 Å². The molecule has 1 N–H and O–H groups in total. The first-order valence-corrected chi connectivity index (χ1v) is 7.28. The average Bonchev–Trinajstić information content (AvgIpc) is 2.39. The van der Waals surface area contributed by atoms with E-state index in [4.69, 9.17) is 51.1 Å². The maximum absolute atomic E-state index is 6.10. The third kappa shape index (κ3) is 3.72. The molecule has 0 fully saturated rings. The molecule has 0 unspecified atom stereocenters. The average molecular weight is 351 g/mol. The fraction of sp³-hybridized carbons (Fsp3) is 0.143. The normalized spacial score (nSPS) is 10.7. The first-order chi connectivity index (χ1) is 9.51. The zero-order chi connectivity index (χ0) is 14.7. The van der Waals surface area contributed by atoms with Gasteiger partial charge >= 0.3 is 0 Å². The van der Waals surface area contributed by atoms with E-state index < -0.39 is 0 Å². The Labute approximate surface area is 137 Å². The van der Waals surface area contributed by atoms with Crippen molar-refractivity contribution in [1.29, 1.82) is 0 Å². The molecule has 2 aromatic carbocycles. The zero-order valence-electron chi connectivity index (χ0n) is 10.5. The topological polar surface area (TPSA) is 21.3 Å². The maximum atomic E-state index is 6.10. The molecule has 20 heavy (non-hydrogen) atoms. The molecule has 0 aliphatic heterocycles. The second-order valence-electron chi connectivity index (χ2n) is 4.08. The molecule has 0 heterocycles. The fourth-order valence-corrected chi connectivity index (χ4v) is 2.45. The van der Waals surface area contributed by atoms with E-state index >= 15 is 0 Å². The minimum absolute atomic E-state index is 0.384. The van der Waals surface area contributed by atoms with Crippen LogP contribution in [0.1, 0.15) is 5.56 Å². The maximum Gasteiger partial charge on any atom is 0.147 e. The van der Waals surface area contributed by atoms with Crippen LogP contribution in [0.25, 0.3) is 0 Å². The predicted molar refractivity (Wildman–Crippen MR) is 85.8 cm³/mol. The second-order valence-corrected chi connectivity index (χ2v) is 5.74. The van der Waals surface area contributed by atoms with Gasteiger partial charge in [-0.2, -0.15) is 0 Å². The Morgan fingerprint density at radius 2 is 1.60 bits per heavy atom. The summed E-state index contributed by atoms with van der Waals surface area (Å²) in [6, 6.07) is 8.51. The Morgan fingerprint density at radius 1 is 0.900 bits per heavy atom. The highest BCUT2D eigenvalue weighted by molar-refractivity contribution is 6.43. The van der Waals surface area contributed by atoms with Crippen LogP contribution in [0.4, 0.5) is 0 Å². The van der Waals surface area contributed by atoms with Crippen LogP contribution in [0.3, 0.4) is 0 Å². The van der Waals surface area contributed by atoms with Crippen molar-refractivity contribution in [3.05, 3.63) is 56.0 Å². The van der Waals surface area contributed by atoms with Gasteiger partial charge in [-0.25, -0.2) is 0 Å². The molecule has 2 aromatic rings. The smallest absolute Gasteiger partial charge is 0.147 e. The molecule has 0 bridgehead atoms. The molecule has 2 rings (SSSR count). The lowest BCUT2D eigenvalue weighted by molar-refractivity contribution is 0.474. The number of nitrogens with one attached hydrogen (secondary N) is 1. The Hall–Kier alpha value is -0.640. The summed E-state index contributed by atoms with van der Waals surface area (Å²) in [4.78, 5) is 0. The highest BCUT2D eigenvalue weighted by Gasteiger charge is 2.11. The first-order valence-electron chi connectivity index (χ1n) is 5.76. The van der Waals surface area contributed by atoms with E-state index in [1.807, 2.05) is 13.1 Å². The number of hydrogen-bond acceptors (Lipinski definition) is 2. The largest absolute Gasteiger partial charge is 0.455 e. The molecular formula is C14H11Cl4NO. The quantitative estimate of drug-likeness (QED) is 0.702. The highest BCUT2D eigenvalue weighted by atomic mass is 35.5. The van der Waals surface area contributed by atoms with Crippen LogP contribution in [-0.4, -0.2) is 7.05 Å². The highest BCUT2D eigenvalue weighted by Crippen LogP contribution is 2.37. The minimum Gasteiger partial charge on any atom is -0.455 e. The van der Waals surface area contributed by atoms with Crippen molar-refractivity contribution >= 4 is 46.4 Å². The van der Waals surface area contributed by atoms with Gasteiger partial charge in [-0.05, 0) is 31.3 Å². The minimum atomic E-state index is 0.384. The van der Waals surface area contributed by atoms with E-state index in [2.05, 4.69) is 5.32 Å². The summed E-state index contributed by atoms with van der Waals surface area (Å²) >= 11 is 24.0. The lowest BCUT2D eigenvalue weighted by Crippen LogP contribution is -2.06. The summed E-state index contributed by atoms with van der Waals surface area (Å²) in [5.41, 5.74) is 0.919. The number of hydrogen-bond donors (Lipinski definition) is 1. The molecular weight excluding hydrogens is 340 g/mol. The van der Waals surface area contributed by atoms with Gasteiger partial charge in [0, 0.05) is 23.2 Å². The summed E-state index contributed by atoms with van der Waals surface area (Å²) < 4.78 is 5.81. The molecule has 0 aliphatic rings. The zero-order valence-corrected chi connectivity index (χ0v) is 13.5. The lowest BCUT2D eigenvalue weighted by atomic mass is 10.2. The van der Waals surface area contributed by atoms with Crippen molar-refractivity contribution in [1.82, 2.24) is 5.32 Å². The monoisotopic (exact) mass is 349 g/mol.